The van der Waals surface area contributed by atoms with Crippen LogP contribution >= 0.6 is 0 Å². The maximum absolute atomic E-state index is 13.6. The first kappa shape index (κ1) is 14.7. The molecule has 2 aromatic rings. The molecule has 0 aliphatic heterocycles. The number of aryl methyl sites for hydroxylation is 1. The molecule has 4 heteroatoms. The molecular formula is C16H22FN3. The second-order valence-electron chi connectivity index (χ2n) is 5.11. The summed E-state index contributed by atoms with van der Waals surface area (Å²) < 4.78 is 15.6. The number of nitrogens with one attached hydrogen (secondary N) is 1. The Balaban J connectivity index is 2.53. The van der Waals surface area contributed by atoms with Crippen molar-refractivity contribution in [1.82, 2.24) is 15.1 Å². The fourth-order valence-corrected chi connectivity index (χ4v) is 2.44. The van der Waals surface area contributed by atoms with Crippen LogP contribution in [0.4, 0.5) is 4.39 Å². The standard InChI is InChI=1S/C16H22FN3/c1-5-8-20-12(3)16(10-19-20)15-9-13(17)6-7-14(15)11(2)18-4/h6-7,9-11,18H,5,8H2,1-4H3. The van der Waals surface area contributed by atoms with Crippen LogP contribution in [0.2, 0.25) is 0 Å². The van der Waals surface area contributed by atoms with Crippen LogP contribution in [0, 0.1) is 12.7 Å². The number of hydrogen-bond donors (Lipinski definition) is 1. The van der Waals surface area contributed by atoms with Crippen molar-refractivity contribution in [3.63, 3.8) is 0 Å². The molecule has 0 aliphatic carbocycles. The number of halogens is 1. The Hall–Kier alpha value is -1.68. The van der Waals surface area contributed by atoms with E-state index in [1.807, 2.05) is 30.9 Å². The fraction of sp³-hybridized carbons (Fsp3) is 0.438. The lowest BCUT2D eigenvalue weighted by Gasteiger charge is -2.16. The van der Waals surface area contributed by atoms with Gasteiger partial charge < -0.3 is 5.32 Å². The summed E-state index contributed by atoms with van der Waals surface area (Å²) in [5.41, 5.74) is 4.11. The molecule has 0 saturated heterocycles. The van der Waals surface area contributed by atoms with Gasteiger partial charge in [-0.05, 0) is 50.6 Å². The smallest absolute Gasteiger partial charge is 0.123 e. The van der Waals surface area contributed by atoms with Crippen LogP contribution in [-0.2, 0) is 6.54 Å². The summed E-state index contributed by atoms with van der Waals surface area (Å²) in [7, 11) is 1.91. The molecule has 1 N–H and O–H groups in total. The Morgan fingerprint density at radius 2 is 2.10 bits per heavy atom. The zero-order valence-electron chi connectivity index (χ0n) is 12.6. The normalized spacial score (nSPS) is 12.7. The number of aromatic nitrogens is 2. The van der Waals surface area contributed by atoms with Crippen molar-refractivity contribution in [2.45, 2.75) is 39.8 Å². The maximum atomic E-state index is 13.6. The quantitative estimate of drug-likeness (QED) is 0.902. The van der Waals surface area contributed by atoms with Crippen LogP contribution in [0.25, 0.3) is 11.1 Å². The monoisotopic (exact) mass is 275 g/mol. The Labute approximate surface area is 119 Å². The van der Waals surface area contributed by atoms with Crippen LogP contribution in [0.1, 0.15) is 37.6 Å². The molecule has 0 spiro atoms. The Morgan fingerprint density at radius 1 is 1.35 bits per heavy atom. The lowest BCUT2D eigenvalue weighted by Crippen LogP contribution is -2.13. The molecule has 1 atom stereocenters. The Kier molecular flexibility index (Phi) is 4.55. The van der Waals surface area contributed by atoms with Crippen LogP contribution in [-0.4, -0.2) is 16.8 Å². The van der Waals surface area contributed by atoms with Gasteiger partial charge >= 0.3 is 0 Å². The highest BCUT2D eigenvalue weighted by atomic mass is 19.1. The Morgan fingerprint density at radius 3 is 2.75 bits per heavy atom. The zero-order valence-corrected chi connectivity index (χ0v) is 12.6. The third-order valence-electron chi connectivity index (χ3n) is 3.74. The van der Waals surface area contributed by atoms with Crippen molar-refractivity contribution in [3.05, 3.63) is 41.5 Å². The maximum Gasteiger partial charge on any atom is 0.123 e. The molecule has 108 valence electrons. The summed E-state index contributed by atoms with van der Waals surface area (Å²) in [5, 5.41) is 7.62. The van der Waals surface area contributed by atoms with Crippen molar-refractivity contribution in [1.29, 1.82) is 0 Å². The van der Waals surface area contributed by atoms with Gasteiger partial charge in [-0.15, -0.1) is 0 Å². The minimum Gasteiger partial charge on any atom is -0.313 e. The molecule has 0 aliphatic rings. The van der Waals surface area contributed by atoms with Crippen molar-refractivity contribution >= 4 is 0 Å². The molecule has 0 fully saturated rings. The Bertz CT molecular complexity index is 589. The van der Waals surface area contributed by atoms with E-state index in [-0.39, 0.29) is 11.9 Å². The molecule has 1 unspecified atom stereocenters. The number of rotatable bonds is 5. The molecule has 1 heterocycles. The van der Waals surface area contributed by atoms with Gasteiger partial charge in [0.05, 0.1) is 6.20 Å². The SMILES string of the molecule is CCCn1ncc(-c2cc(F)ccc2C(C)NC)c1C. The van der Waals surface area contributed by atoms with E-state index in [1.54, 1.807) is 6.07 Å². The number of nitrogens with zero attached hydrogens (tertiary/aromatic N) is 2. The van der Waals surface area contributed by atoms with Gasteiger partial charge in [-0.1, -0.05) is 13.0 Å². The first-order chi connectivity index (χ1) is 9.58. The molecular weight excluding hydrogens is 253 g/mol. The lowest BCUT2D eigenvalue weighted by molar-refractivity contribution is 0.587. The van der Waals surface area contributed by atoms with Gasteiger partial charge in [0.1, 0.15) is 5.82 Å². The van der Waals surface area contributed by atoms with Gasteiger partial charge in [-0.25, -0.2) is 4.39 Å². The summed E-state index contributed by atoms with van der Waals surface area (Å²) in [6.07, 6.45) is 2.87. The van der Waals surface area contributed by atoms with Gasteiger partial charge in [0, 0.05) is 23.8 Å². The topological polar surface area (TPSA) is 29.9 Å². The van der Waals surface area contributed by atoms with Gasteiger partial charge in [0.25, 0.3) is 0 Å². The van der Waals surface area contributed by atoms with Crippen molar-refractivity contribution in [3.8, 4) is 11.1 Å². The fourth-order valence-electron chi connectivity index (χ4n) is 2.44. The van der Waals surface area contributed by atoms with E-state index in [4.69, 9.17) is 0 Å². The van der Waals surface area contributed by atoms with Crippen LogP contribution in [0.3, 0.4) is 0 Å². The zero-order chi connectivity index (χ0) is 14.7. The van der Waals surface area contributed by atoms with Gasteiger partial charge in [-0.2, -0.15) is 5.10 Å². The molecule has 20 heavy (non-hydrogen) atoms. The number of benzene rings is 1. The van der Waals surface area contributed by atoms with Gasteiger partial charge in [0.15, 0.2) is 0 Å². The summed E-state index contributed by atoms with van der Waals surface area (Å²) >= 11 is 0. The molecule has 2 rings (SSSR count). The third-order valence-corrected chi connectivity index (χ3v) is 3.74. The highest BCUT2D eigenvalue weighted by Crippen LogP contribution is 2.31. The van der Waals surface area contributed by atoms with Crippen molar-refractivity contribution < 1.29 is 4.39 Å². The van der Waals surface area contributed by atoms with Crippen LogP contribution < -0.4 is 5.32 Å². The van der Waals surface area contributed by atoms with Gasteiger partial charge in [0.2, 0.25) is 0 Å². The van der Waals surface area contributed by atoms with Crippen molar-refractivity contribution in [2.24, 2.45) is 0 Å². The average molecular weight is 275 g/mol. The predicted octanol–water partition coefficient (Wildman–Crippen LogP) is 3.69. The summed E-state index contributed by atoms with van der Waals surface area (Å²) in [5.74, 6) is -0.213. The van der Waals surface area contributed by atoms with E-state index in [0.717, 1.165) is 35.3 Å². The first-order valence-electron chi connectivity index (χ1n) is 7.08. The second-order valence-corrected chi connectivity index (χ2v) is 5.11. The van der Waals surface area contributed by atoms with Crippen LogP contribution in [0.15, 0.2) is 24.4 Å². The lowest BCUT2D eigenvalue weighted by atomic mass is 9.96. The molecule has 0 amide bonds. The summed E-state index contributed by atoms with van der Waals surface area (Å²) in [6, 6.07) is 5.13. The first-order valence-corrected chi connectivity index (χ1v) is 7.08. The number of hydrogen-bond acceptors (Lipinski definition) is 2. The van der Waals surface area contributed by atoms with E-state index in [1.165, 1.54) is 6.07 Å². The van der Waals surface area contributed by atoms with Crippen LogP contribution in [0.5, 0.6) is 0 Å². The largest absolute Gasteiger partial charge is 0.313 e. The van der Waals surface area contributed by atoms with Gasteiger partial charge in [-0.3, -0.25) is 4.68 Å². The molecule has 0 saturated carbocycles. The minimum absolute atomic E-state index is 0.166. The minimum atomic E-state index is -0.213. The molecule has 0 radical (unpaired) electrons. The van der Waals surface area contributed by atoms with E-state index < -0.39 is 0 Å². The van der Waals surface area contributed by atoms with E-state index in [9.17, 15) is 4.39 Å². The predicted molar refractivity (Wildman–Crippen MR) is 80.1 cm³/mol. The molecule has 0 bridgehead atoms. The average Bonchev–Trinajstić information content (AvgIpc) is 2.80. The summed E-state index contributed by atoms with van der Waals surface area (Å²) in [6.45, 7) is 7.12. The summed E-state index contributed by atoms with van der Waals surface area (Å²) in [4.78, 5) is 0. The second kappa shape index (κ2) is 6.18. The molecule has 3 nitrogen and oxygen atoms in total. The highest BCUT2D eigenvalue weighted by Gasteiger charge is 2.16. The molecule has 1 aromatic carbocycles. The third kappa shape index (κ3) is 2.75. The van der Waals surface area contributed by atoms with E-state index in [0.29, 0.717) is 0 Å². The van der Waals surface area contributed by atoms with Crippen molar-refractivity contribution in [2.75, 3.05) is 7.05 Å². The molecule has 1 aromatic heterocycles. The highest BCUT2D eigenvalue weighted by molar-refractivity contribution is 5.69. The van der Waals surface area contributed by atoms with E-state index in [2.05, 4.69) is 24.3 Å². The van der Waals surface area contributed by atoms with E-state index >= 15 is 0 Å².